The molecule has 1 aromatic heterocycles. The highest BCUT2D eigenvalue weighted by molar-refractivity contribution is 8.14. The van der Waals surface area contributed by atoms with Crippen LogP contribution in [0.3, 0.4) is 0 Å². The van der Waals surface area contributed by atoms with Crippen molar-refractivity contribution in [1.29, 1.82) is 0 Å². The zero-order chi connectivity index (χ0) is 13.5. The summed E-state index contributed by atoms with van der Waals surface area (Å²) in [4.78, 5) is 9.36. The molecule has 0 aliphatic carbocycles. The van der Waals surface area contributed by atoms with Gasteiger partial charge in [-0.2, -0.15) is 0 Å². The minimum absolute atomic E-state index is 0.289. The molecule has 8 heteroatoms. The molecule has 0 bridgehead atoms. The average molecular weight is 316 g/mol. The van der Waals surface area contributed by atoms with E-state index in [0.29, 0.717) is 18.3 Å². The Bertz CT molecular complexity index is 509. The number of anilines is 1. The molecule has 3 heterocycles. The fourth-order valence-corrected chi connectivity index (χ4v) is 4.93. The Balaban J connectivity index is 2.04. The average Bonchev–Trinajstić information content (AvgIpc) is 2.85. The smallest absolute Gasteiger partial charge is 0.160 e. The topological polar surface area (TPSA) is 72.5 Å². The minimum atomic E-state index is -0.362. The van der Waals surface area contributed by atoms with Crippen LogP contribution in [0.2, 0.25) is 0 Å². The van der Waals surface area contributed by atoms with E-state index in [1.807, 2.05) is 5.38 Å². The van der Waals surface area contributed by atoms with Gasteiger partial charge in [0.15, 0.2) is 5.17 Å². The van der Waals surface area contributed by atoms with Crippen molar-refractivity contribution < 1.29 is 4.74 Å². The first-order valence-corrected chi connectivity index (χ1v) is 8.60. The maximum absolute atomic E-state index is 5.88. The standard InChI is InChI=1S/C11H17N4OPS2/c1-6-2-7-3-19-10(15-17)14-11(7,5-16-6)9-13-8(12)4-18-9/h4,6-7H,2-3,5,12,17H2,1H3,(H,14,15). The number of thiazole rings is 1. The van der Waals surface area contributed by atoms with Gasteiger partial charge in [0.1, 0.15) is 16.4 Å². The number of amidine groups is 1. The summed E-state index contributed by atoms with van der Waals surface area (Å²) < 4.78 is 5.88. The number of nitrogens with one attached hydrogen (secondary N) is 1. The molecule has 3 rings (SSSR count). The predicted octanol–water partition coefficient (Wildman–Crippen LogP) is 1.83. The Morgan fingerprint density at radius 2 is 2.47 bits per heavy atom. The number of thioether (sulfide) groups is 1. The molecule has 1 saturated heterocycles. The van der Waals surface area contributed by atoms with Crippen LogP contribution < -0.4 is 10.8 Å². The van der Waals surface area contributed by atoms with Crippen LogP contribution in [-0.4, -0.2) is 28.6 Å². The summed E-state index contributed by atoms with van der Waals surface area (Å²) in [6.07, 6.45) is 1.30. The van der Waals surface area contributed by atoms with Crippen molar-refractivity contribution in [3.8, 4) is 0 Å². The lowest BCUT2D eigenvalue weighted by Crippen LogP contribution is -2.49. The number of nitrogens with two attached hydrogens (primary N) is 1. The van der Waals surface area contributed by atoms with Crippen molar-refractivity contribution in [2.45, 2.75) is 25.0 Å². The van der Waals surface area contributed by atoms with Crippen LogP contribution in [0, 0.1) is 5.92 Å². The normalized spacial score (nSPS) is 34.5. The molecule has 19 heavy (non-hydrogen) atoms. The van der Waals surface area contributed by atoms with Gasteiger partial charge in [-0.3, -0.25) is 0 Å². The second-order valence-electron chi connectivity index (χ2n) is 4.93. The lowest BCUT2D eigenvalue weighted by atomic mass is 9.80. The Kier molecular flexibility index (Phi) is 3.73. The van der Waals surface area contributed by atoms with E-state index in [2.05, 4.69) is 26.4 Å². The van der Waals surface area contributed by atoms with E-state index in [-0.39, 0.29) is 11.6 Å². The summed E-state index contributed by atoms with van der Waals surface area (Å²) in [7, 11) is 2.51. The van der Waals surface area contributed by atoms with E-state index in [0.717, 1.165) is 22.3 Å². The first-order chi connectivity index (χ1) is 9.14. The third-order valence-corrected chi connectivity index (χ3v) is 6.18. The largest absolute Gasteiger partial charge is 0.383 e. The van der Waals surface area contributed by atoms with Crippen molar-refractivity contribution in [1.82, 2.24) is 10.1 Å². The van der Waals surface area contributed by atoms with E-state index >= 15 is 0 Å². The van der Waals surface area contributed by atoms with Gasteiger partial charge >= 0.3 is 0 Å². The summed E-state index contributed by atoms with van der Waals surface area (Å²) in [5.41, 5.74) is 5.42. The monoisotopic (exact) mass is 316 g/mol. The zero-order valence-corrected chi connectivity index (χ0v) is 13.4. The van der Waals surface area contributed by atoms with Gasteiger partial charge in [-0.05, 0) is 22.7 Å². The minimum Gasteiger partial charge on any atom is -0.383 e. The van der Waals surface area contributed by atoms with Gasteiger partial charge in [-0.25, -0.2) is 9.98 Å². The highest BCUT2D eigenvalue weighted by Crippen LogP contribution is 2.47. The van der Waals surface area contributed by atoms with Crippen molar-refractivity contribution >= 4 is 43.5 Å². The van der Waals surface area contributed by atoms with Gasteiger partial charge < -0.3 is 15.6 Å². The Morgan fingerprint density at radius 1 is 1.63 bits per heavy atom. The fourth-order valence-electron chi connectivity index (χ4n) is 2.62. The predicted molar refractivity (Wildman–Crippen MR) is 84.5 cm³/mol. The van der Waals surface area contributed by atoms with E-state index in [1.165, 1.54) is 0 Å². The van der Waals surface area contributed by atoms with Gasteiger partial charge in [0.2, 0.25) is 0 Å². The van der Waals surface area contributed by atoms with Crippen LogP contribution in [0.15, 0.2) is 10.4 Å². The summed E-state index contributed by atoms with van der Waals surface area (Å²) in [5, 5.41) is 6.84. The van der Waals surface area contributed by atoms with Gasteiger partial charge in [0.25, 0.3) is 0 Å². The zero-order valence-electron chi connectivity index (χ0n) is 10.6. The van der Waals surface area contributed by atoms with Gasteiger partial charge in [0.05, 0.1) is 12.7 Å². The second kappa shape index (κ2) is 5.20. The molecular weight excluding hydrogens is 299 g/mol. The second-order valence-corrected chi connectivity index (χ2v) is 7.08. The highest BCUT2D eigenvalue weighted by Gasteiger charge is 2.49. The van der Waals surface area contributed by atoms with Crippen LogP contribution in [0.25, 0.3) is 0 Å². The van der Waals surface area contributed by atoms with Crippen LogP contribution in [0.1, 0.15) is 18.4 Å². The summed E-state index contributed by atoms with van der Waals surface area (Å²) >= 11 is 3.34. The van der Waals surface area contributed by atoms with E-state index in [1.54, 1.807) is 23.1 Å². The third-order valence-electron chi connectivity index (χ3n) is 3.62. The maximum atomic E-state index is 5.88. The molecule has 1 fully saturated rings. The molecule has 4 unspecified atom stereocenters. The lowest BCUT2D eigenvalue weighted by molar-refractivity contribution is -0.0466. The van der Waals surface area contributed by atoms with E-state index in [9.17, 15) is 0 Å². The molecule has 0 aromatic carbocycles. The lowest BCUT2D eigenvalue weighted by Gasteiger charge is -2.44. The molecule has 2 aliphatic heterocycles. The van der Waals surface area contributed by atoms with Crippen LogP contribution >= 0.6 is 32.5 Å². The first kappa shape index (κ1) is 13.6. The number of nitrogens with zero attached hydrogens (tertiary/aromatic N) is 2. The number of rotatable bonds is 1. The number of hydrogen-bond acceptors (Lipinski definition) is 7. The summed E-state index contributed by atoms with van der Waals surface area (Å²) in [6.45, 7) is 2.71. The molecule has 104 valence electrons. The molecule has 2 aliphatic rings. The molecule has 4 atom stereocenters. The van der Waals surface area contributed by atoms with Crippen molar-refractivity contribution in [2.24, 2.45) is 10.9 Å². The number of aromatic nitrogens is 1. The van der Waals surface area contributed by atoms with Crippen molar-refractivity contribution in [3.63, 3.8) is 0 Å². The number of nitrogen functional groups attached to an aromatic ring is 1. The fraction of sp³-hybridized carbons (Fsp3) is 0.636. The molecule has 0 saturated carbocycles. The van der Waals surface area contributed by atoms with Crippen LogP contribution in [-0.2, 0) is 10.3 Å². The van der Waals surface area contributed by atoms with Gasteiger partial charge in [-0.15, -0.1) is 11.3 Å². The maximum Gasteiger partial charge on any atom is 0.160 e. The first-order valence-electron chi connectivity index (χ1n) is 6.16. The SMILES string of the molecule is CC1CC2CSC(NP)=NC2(c2nc(N)cs2)CO1. The Hall–Kier alpha value is -0.360. The molecule has 0 amide bonds. The quantitative estimate of drug-likeness (QED) is 0.773. The van der Waals surface area contributed by atoms with Gasteiger partial charge in [0, 0.05) is 17.1 Å². The number of aliphatic imine (C=N–C) groups is 1. The number of ether oxygens (including phenoxy) is 1. The van der Waals surface area contributed by atoms with Crippen molar-refractivity contribution in [3.05, 3.63) is 10.4 Å². The van der Waals surface area contributed by atoms with Crippen LogP contribution in [0.5, 0.6) is 0 Å². The number of hydrogen-bond donors (Lipinski definition) is 2. The van der Waals surface area contributed by atoms with Crippen molar-refractivity contribution in [2.75, 3.05) is 18.1 Å². The Labute approximate surface area is 123 Å². The molecule has 5 nitrogen and oxygen atoms in total. The van der Waals surface area contributed by atoms with Crippen LogP contribution in [0.4, 0.5) is 5.82 Å². The molecular formula is C11H17N4OPS2. The van der Waals surface area contributed by atoms with Gasteiger partial charge in [-0.1, -0.05) is 11.8 Å². The summed E-state index contributed by atoms with van der Waals surface area (Å²) in [5.74, 6) is 2.06. The number of fused-ring (bicyclic) bond motifs is 1. The molecule has 0 radical (unpaired) electrons. The molecule has 1 aromatic rings. The van der Waals surface area contributed by atoms with E-state index in [4.69, 9.17) is 15.5 Å². The molecule has 3 N–H and O–H groups in total. The molecule has 0 spiro atoms. The summed E-state index contributed by atoms with van der Waals surface area (Å²) in [6, 6.07) is 0. The highest BCUT2D eigenvalue weighted by atomic mass is 32.2. The Morgan fingerprint density at radius 3 is 3.16 bits per heavy atom. The third kappa shape index (κ3) is 2.37. The van der Waals surface area contributed by atoms with E-state index < -0.39 is 0 Å².